The van der Waals surface area contributed by atoms with Crippen molar-refractivity contribution in [2.75, 3.05) is 13.1 Å². The summed E-state index contributed by atoms with van der Waals surface area (Å²) in [7, 11) is 0. The Hall–Kier alpha value is -0.730. The number of hydrogen-bond acceptors (Lipinski definition) is 2. The van der Waals surface area contributed by atoms with Crippen molar-refractivity contribution >= 4 is 6.09 Å². The molecule has 1 saturated carbocycles. The van der Waals surface area contributed by atoms with E-state index in [4.69, 9.17) is 4.74 Å². The van der Waals surface area contributed by atoms with Gasteiger partial charge in [0.2, 0.25) is 0 Å². The zero-order valence-corrected chi connectivity index (χ0v) is 10.5. The quantitative estimate of drug-likeness (QED) is 0.686. The molecule has 0 bridgehead atoms. The minimum absolute atomic E-state index is 0.0813. The molecular weight excluding hydrogens is 202 g/mol. The molecule has 1 saturated heterocycles. The fraction of sp³-hybridized carbons (Fsp3) is 0.923. The van der Waals surface area contributed by atoms with Crippen LogP contribution in [0.25, 0.3) is 0 Å². The molecule has 0 N–H and O–H groups in total. The minimum Gasteiger partial charge on any atom is -0.446 e. The number of ether oxygens (including phenoxy) is 1. The van der Waals surface area contributed by atoms with Crippen LogP contribution in [0.1, 0.15) is 52.4 Å². The molecule has 0 radical (unpaired) electrons. The monoisotopic (exact) mass is 225 g/mol. The lowest BCUT2D eigenvalue weighted by Gasteiger charge is -2.34. The van der Waals surface area contributed by atoms with E-state index in [0.717, 1.165) is 38.8 Å². The number of rotatable bonds is 1. The van der Waals surface area contributed by atoms with Crippen LogP contribution in [0.15, 0.2) is 0 Å². The Morgan fingerprint density at radius 3 is 2.31 bits per heavy atom. The first kappa shape index (κ1) is 11.7. The van der Waals surface area contributed by atoms with Gasteiger partial charge in [-0.15, -0.1) is 0 Å². The van der Waals surface area contributed by atoms with Gasteiger partial charge in [-0.3, -0.25) is 0 Å². The molecule has 1 aliphatic heterocycles. The maximum Gasteiger partial charge on any atom is 0.410 e. The van der Waals surface area contributed by atoms with Gasteiger partial charge in [0.25, 0.3) is 0 Å². The molecule has 2 aliphatic rings. The van der Waals surface area contributed by atoms with Crippen molar-refractivity contribution in [2.24, 2.45) is 5.41 Å². The average Bonchev–Trinajstić information content (AvgIpc) is 2.74. The predicted octanol–water partition coefficient (Wildman–Crippen LogP) is 3.19. The Morgan fingerprint density at radius 2 is 1.75 bits per heavy atom. The predicted molar refractivity (Wildman–Crippen MR) is 63.3 cm³/mol. The summed E-state index contributed by atoms with van der Waals surface area (Å²) in [4.78, 5) is 13.6. The third-order valence-corrected chi connectivity index (χ3v) is 3.92. The molecule has 0 aromatic carbocycles. The number of carbonyl (C=O) groups excluding carboxylic acids is 1. The van der Waals surface area contributed by atoms with Crippen LogP contribution >= 0.6 is 0 Å². The first-order valence-electron chi connectivity index (χ1n) is 6.52. The summed E-state index contributed by atoms with van der Waals surface area (Å²) in [6.45, 7) is 6.37. The lowest BCUT2D eigenvalue weighted by Crippen LogP contribution is -2.34. The van der Waals surface area contributed by atoms with Crippen molar-refractivity contribution in [3.05, 3.63) is 0 Å². The van der Waals surface area contributed by atoms with Crippen molar-refractivity contribution in [1.29, 1.82) is 0 Å². The Bertz CT molecular complexity index is 247. The maximum absolute atomic E-state index is 11.8. The summed E-state index contributed by atoms with van der Waals surface area (Å²) in [5, 5.41) is 0. The van der Waals surface area contributed by atoms with Crippen LogP contribution in [0.5, 0.6) is 0 Å². The van der Waals surface area contributed by atoms with E-state index in [2.05, 4.69) is 13.8 Å². The summed E-state index contributed by atoms with van der Waals surface area (Å²) >= 11 is 0. The van der Waals surface area contributed by atoms with Crippen LogP contribution in [-0.2, 0) is 4.74 Å². The van der Waals surface area contributed by atoms with E-state index in [9.17, 15) is 4.79 Å². The summed E-state index contributed by atoms with van der Waals surface area (Å²) in [6.07, 6.45) is 6.76. The summed E-state index contributed by atoms with van der Waals surface area (Å²) < 4.78 is 5.56. The van der Waals surface area contributed by atoms with Gasteiger partial charge in [-0.25, -0.2) is 4.79 Å². The van der Waals surface area contributed by atoms with E-state index in [1.54, 1.807) is 0 Å². The number of carbonyl (C=O) groups is 1. The van der Waals surface area contributed by atoms with Crippen molar-refractivity contribution in [3.8, 4) is 0 Å². The molecule has 2 rings (SSSR count). The molecule has 0 aromatic rings. The summed E-state index contributed by atoms with van der Waals surface area (Å²) in [5.41, 5.74) is 0.441. The molecule has 1 amide bonds. The molecule has 0 spiro atoms. The highest BCUT2D eigenvalue weighted by Gasteiger charge is 2.30. The van der Waals surface area contributed by atoms with Crippen LogP contribution < -0.4 is 0 Å². The number of amides is 1. The Labute approximate surface area is 98.1 Å². The highest BCUT2D eigenvalue weighted by molar-refractivity contribution is 5.68. The largest absolute Gasteiger partial charge is 0.446 e. The molecule has 0 aromatic heterocycles. The average molecular weight is 225 g/mol. The van der Waals surface area contributed by atoms with E-state index in [-0.39, 0.29) is 12.2 Å². The Balaban J connectivity index is 1.76. The van der Waals surface area contributed by atoms with Gasteiger partial charge in [0.15, 0.2) is 0 Å². The highest BCUT2D eigenvalue weighted by atomic mass is 16.6. The van der Waals surface area contributed by atoms with Crippen LogP contribution in [0, 0.1) is 5.41 Å². The second-order valence-corrected chi connectivity index (χ2v) is 5.94. The number of likely N-dealkylation sites (tertiary alicyclic amines) is 1. The lowest BCUT2D eigenvalue weighted by atomic mass is 9.76. The van der Waals surface area contributed by atoms with E-state index in [0.29, 0.717) is 5.41 Å². The SMILES string of the molecule is CC1(C)CCC(OC(=O)N2CCCC2)CC1. The van der Waals surface area contributed by atoms with Crippen LogP contribution in [0.2, 0.25) is 0 Å². The molecule has 3 nitrogen and oxygen atoms in total. The van der Waals surface area contributed by atoms with E-state index < -0.39 is 0 Å². The van der Waals surface area contributed by atoms with Gasteiger partial charge in [-0.2, -0.15) is 0 Å². The van der Waals surface area contributed by atoms with E-state index in [1.165, 1.54) is 12.8 Å². The molecule has 1 aliphatic carbocycles. The van der Waals surface area contributed by atoms with Crippen LogP contribution in [0.3, 0.4) is 0 Å². The van der Waals surface area contributed by atoms with Gasteiger partial charge >= 0.3 is 6.09 Å². The zero-order chi connectivity index (χ0) is 11.6. The standard InChI is InChI=1S/C13H23NO2/c1-13(2)7-5-11(6-8-13)16-12(15)14-9-3-4-10-14/h11H,3-10H2,1-2H3. The molecule has 92 valence electrons. The van der Waals surface area contributed by atoms with Gasteiger partial charge in [-0.05, 0) is 43.9 Å². The third-order valence-electron chi connectivity index (χ3n) is 3.92. The zero-order valence-electron chi connectivity index (χ0n) is 10.5. The fourth-order valence-corrected chi connectivity index (χ4v) is 2.61. The van der Waals surface area contributed by atoms with Crippen molar-refractivity contribution in [1.82, 2.24) is 4.90 Å². The second kappa shape index (κ2) is 4.64. The number of nitrogens with zero attached hydrogens (tertiary/aromatic N) is 1. The van der Waals surface area contributed by atoms with Crippen LogP contribution in [0.4, 0.5) is 4.79 Å². The summed E-state index contributed by atoms with van der Waals surface area (Å²) in [6, 6.07) is 0. The minimum atomic E-state index is -0.0813. The molecule has 0 unspecified atom stereocenters. The van der Waals surface area contributed by atoms with Gasteiger partial charge in [0.05, 0.1) is 0 Å². The number of hydrogen-bond donors (Lipinski definition) is 0. The normalized spacial score (nSPS) is 25.8. The Kier molecular flexibility index (Phi) is 3.41. The first-order valence-corrected chi connectivity index (χ1v) is 6.52. The Morgan fingerprint density at radius 1 is 1.19 bits per heavy atom. The van der Waals surface area contributed by atoms with Gasteiger partial charge in [0.1, 0.15) is 6.10 Å². The molecular formula is C13H23NO2. The van der Waals surface area contributed by atoms with Crippen LogP contribution in [-0.4, -0.2) is 30.2 Å². The maximum atomic E-state index is 11.8. The van der Waals surface area contributed by atoms with E-state index >= 15 is 0 Å². The molecule has 3 heteroatoms. The van der Waals surface area contributed by atoms with Crippen molar-refractivity contribution in [3.63, 3.8) is 0 Å². The van der Waals surface area contributed by atoms with Crippen molar-refractivity contribution in [2.45, 2.75) is 58.5 Å². The molecule has 16 heavy (non-hydrogen) atoms. The van der Waals surface area contributed by atoms with Gasteiger partial charge in [0, 0.05) is 13.1 Å². The summed E-state index contributed by atoms with van der Waals surface area (Å²) in [5.74, 6) is 0. The first-order chi connectivity index (χ1) is 7.57. The fourth-order valence-electron chi connectivity index (χ4n) is 2.61. The lowest BCUT2D eigenvalue weighted by molar-refractivity contribution is 0.0297. The molecule has 2 fully saturated rings. The molecule has 1 heterocycles. The van der Waals surface area contributed by atoms with Gasteiger partial charge < -0.3 is 9.64 Å². The smallest absolute Gasteiger partial charge is 0.410 e. The third kappa shape index (κ3) is 2.89. The molecule has 0 atom stereocenters. The van der Waals surface area contributed by atoms with E-state index in [1.807, 2.05) is 4.90 Å². The van der Waals surface area contributed by atoms with Crippen molar-refractivity contribution < 1.29 is 9.53 Å². The topological polar surface area (TPSA) is 29.5 Å². The van der Waals surface area contributed by atoms with Gasteiger partial charge in [-0.1, -0.05) is 13.8 Å². The highest BCUT2D eigenvalue weighted by Crippen LogP contribution is 2.36. The second-order valence-electron chi connectivity index (χ2n) is 5.94.